The maximum atomic E-state index is 5.64. The van der Waals surface area contributed by atoms with Gasteiger partial charge in [-0.1, -0.05) is 54.6 Å². The molecular weight excluding hydrogens is 292 g/mol. The molecule has 3 aromatic carbocycles. The highest BCUT2D eigenvalue weighted by Crippen LogP contribution is 2.52. The van der Waals surface area contributed by atoms with Crippen molar-refractivity contribution >= 4 is 11.0 Å². The van der Waals surface area contributed by atoms with E-state index in [1.807, 2.05) is 6.26 Å². The van der Waals surface area contributed by atoms with Crippen molar-refractivity contribution in [2.24, 2.45) is 0 Å². The van der Waals surface area contributed by atoms with E-state index in [1.165, 1.54) is 38.8 Å². The number of rotatable bonds is 1. The first kappa shape index (κ1) is 13.6. The van der Waals surface area contributed by atoms with E-state index < -0.39 is 0 Å². The lowest BCUT2D eigenvalue weighted by Gasteiger charge is -2.28. The Morgan fingerprint density at radius 2 is 1.42 bits per heavy atom. The van der Waals surface area contributed by atoms with Gasteiger partial charge in [-0.05, 0) is 59.4 Å². The number of aryl methyl sites for hydroxylation is 1. The Balaban J connectivity index is 1.86. The van der Waals surface area contributed by atoms with Crippen molar-refractivity contribution in [1.29, 1.82) is 0 Å². The Morgan fingerprint density at radius 3 is 2.08 bits per heavy atom. The van der Waals surface area contributed by atoms with E-state index in [1.54, 1.807) is 0 Å². The molecule has 116 valence electrons. The number of fused-ring (bicyclic) bond motifs is 4. The maximum absolute atomic E-state index is 5.64. The summed E-state index contributed by atoms with van der Waals surface area (Å²) < 4.78 is 5.64. The molecule has 0 atom stereocenters. The van der Waals surface area contributed by atoms with Gasteiger partial charge in [0.15, 0.2) is 0 Å². The number of benzene rings is 3. The smallest absolute Gasteiger partial charge is 0.134 e. The van der Waals surface area contributed by atoms with Gasteiger partial charge in [-0.2, -0.15) is 0 Å². The lowest BCUT2D eigenvalue weighted by atomic mass is 9.74. The molecule has 0 radical (unpaired) electrons. The second kappa shape index (κ2) is 4.61. The Morgan fingerprint density at radius 1 is 0.792 bits per heavy atom. The largest absolute Gasteiger partial charge is 0.464 e. The maximum Gasteiger partial charge on any atom is 0.134 e. The zero-order valence-electron chi connectivity index (χ0n) is 13.8. The SMILES string of the molecule is Cc1coc2ccc(C3(C)c4ccccc4-c4ccccc43)cc12. The average Bonchev–Trinajstić information content (AvgIpc) is 3.13. The van der Waals surface area contributed by atoms with E-state index in [-0.39, 0.29) is 5.41 Å². The van der Waals surface area contributed by atoms with Crippen LogP contribution in [0.4, 0.5) is 0 Å². The van der Waals surface area contributed by atoms with E-state index >= 15 is 0 Å². The molecule has 1 heterocycles. The summed E-state index contributed by atoms with van der Waals surface area (Å²) in [4.78, 5) is 0. The van der Waals surface area contributed by atoms with Crippen molar-refractivity contribution in [3.63, 3.8) is 0 Å². The summed E-state index contributed by atoms with van der Waals surface area (Å²) in [5, 5.41) is 1.20. The molecule has 4 aromatic rings. The summed E-state index contributed by atoms with van der Waals surface area (Å²) in [6, 6.07) is 24.2. The zero-order chi connectivity index (χ0) is 16.3. The molecule has 0 aliphatic heterocycles. The number of hydrogen-bond donors (Lipinski definition) is 0. The van der Waals surface area contributed by atoms with Gasteiger partial charge in [-0.3, -0.25) is 0 Å². The molecule has 0 saturated heterocycles. The molecule has 0 unspecified atom stereocenters. The molecule has 0 saturated carbocycles. The first-order valence-electron chi connectivity index (χ1n) is 8.37. The molecule has 1 aliphatic rings. The topological polar surface area (TPSA) is 13.1 Å². The third-order valence-corrected chi connectivity index (χ3v) is 5.57. The summed E-state index contributed by atoms with van der Waals surface area (Å²) in [7, 11) is 0. The molecule has 0 amide bonds. The normalized spacial score (nSPS) is 14.6. The molecule has 0 bridgehead atoms. The van der Waals surface area contributed by atoms with Crippen LogP contribution in [0.1, 0.15) is 29.2 Å². The number of hydrogen-bond acceptors (Lipinski definition) is 1. The van der Waals surface area contributed by atoms with Crippen LogP contribution in [0.3, 0.4) is 0 Å². The summed E-state index contributed by atoms with van der Waals surface area (Å²) >= 11 is 0. The van der Waals surface area contributed by atoms with Crippen LogP contribution in [0.5, 0.6) is 0 Å². The third kappa shape index (κ3) is 1.59. The lowest BCUT2D eigenvalue weighted by molar-refractivity contribution is 0.612. The van der Waals surface area contributed by atoms with Gasteiger partial charge in [-0.25, -0.2) is 0 Å². The van der Waals surface area contributed by atoms with Crippen LogP contribution in [-0.2, 0) is 5.41 Å². The molecule has 1 heteroatoms. The molecule has 1 aromatic heterocycles. The number of furan rings is 1. The predicted octanol–water partition coefficient (Wildman–Crippen LogP) is 6.08. The van der Waals surface area contributed by atoms with Crippen molar-refractivity contribution in [3.05, 3.63) is 95.2 Å². The van der Waals surface area contributed by atoms with E-state index in [9.17, 15) is 0 Å². The Kier molecular flexibility index (Phi) is 2.62. The lowest BCUT2D eigenvalue weighted by Crippen LogP contribution is -2.22. The average molecular weight is 310 g/mol. The van der Waals surface area contributed by atoms with Crippen molar-refractivity contribution < 1.29 is 4.42 Å². The Labute approximate surface area is 141 Å². The van der Waals surface area contributed by atoms with Gasteiger partial charge >= 0.3 is 0 Å². The minimum atomic E-state index is -0.134. The molecule has 5 rings (SSSR count). The standard InChI is InChI=1S/C23H18O/c1-15-14-24-22-12-11-16(13-19(15)22)23(2)20-9-5-3-7-17(20)18-8-4-6-10-21(18)23/h3-14H,1-2H3. The Bertz CT molecular complexity index is 1040. The fourth-order valence-corrected chi connectivity index (χ4v) is 4.23. The molecule has 1 nitrogen and oxygen atoms in total. The van der Waals surface area contributed by atoms with Crippen molar-refractivity contribution in [2.45, 2.75) is 19.3 Å². The van der Waals surface area contributed by atoms with Crippen molar-refractivity contribution in [2.75, 3.05) is 0 Å². The minimum Gasteiger partial charge on any atom is -0.464 e. The second-order valence-corrected chi connectivity index (χ2v) is 6.85. The molecule has 24 heavy (non-hydrogen) atoms. The molecule has 0 N–H and O–H groups in total. The van der Waals surface area contributed by atoms with E-state index in [4.69, 9.17) is 4.42 Å². The van der Waals surface area contributed by atoms with Gasteiger partial charge in [0.05, 0.1) is 6.26 Å². The first-order valence-corrected chi connectivity index (χ1v) is 8.37. The van der Waals surface area contributed by atoms with Gasteiger partial charge < -0.3 is 4.42 Å². The molecule has 0 spiro atoms. The van der Waals surface area contributed by atoms with Gasteiger partial charge in [0.1, 0.15) is 5.58 Å². The quantitative estimate of drug-likeness (QED) is 0.415. The van der Waals surface area contributed by atoms with E-state index in [0.717, 1.165) is 5.58 Å². The minimum absolute atomic E-state index is 0.134. The second-order valence-electron chi connectivity index (χ2n) is 6.85. The molecule has 0 fully saturated rings. The fourth-order valence-electron chi connectivity index (χ4n) is 4.23. The first-order chi connectivity index (χ1) is 11.7. The van der Waals surface area contributed by atoms with Crippen LogP contribution in [0.2, 0.25) is 0 Å². The van der Waals surface area contributed by atoms with Crippen molar-refractivity contribution in [3.8, 4) is 11.1 Å². The molecule has 1 aliphatic carbocycles. The zero-order valence-corrected chi connectivity index (χ0v) is 13.8. The van der Waals surface area contributed by atoms with Crippen molar-refractivity contribution in [1.82, 2.24) is 0 Å². The van der Waals surface area contributed by atoms with Gasteiger partial charge in [0.25, 0.3) is 0 Å². The predicted molar refractivity (Wildman–Crippen MR) is 98.4 cm³/mol. The summed E-state index contributed by atoms with van der Waals surface area (Å²) in [6.45, 7) is 4.45. The van der Waals surface area contributed by atoms with E-state index in [0.29, 0.717) is 0 Å². The highest BCUT2D eigenvalue weighted by Gasteiger charge is 2.40. The van der Waals surface area contributed by atoms with Crippen LogP contribution in [0.25, 0.3) is 22.1 Å². The van der Waals surface area contributed by atoms with Gasteiger partial charge in [0.2, 0.25) is 0 Å². The van der Waals surface area contributed by atoms with Crippen LogP contribution < -0.4 is 0 Å². The highest BCUT2D eigenvalue weighted by molar-refractivity contribution is 5.86. The summed E-state index contributed by atoms with van der Waals surface area (Å²) in [5.41, 5.74) is 8.79. The van der Waals surface area contributed by atoms with E-state index in [2.05, 4.69) is 80.6 Å². The van der Waals surface area contributed by atoms with Gasteiger partial charge in [-0.15, -0.1) is 0 Å². The van der Waals surface area contributed by atoms with Crippen LogP contribution in [0, 0.1) is 6.92 Å². The summed E-state index contributed by atoms with van der Waals surface area (Å²) in [5.74, 6) is 0. The third-order valence-electron chi connectivity index (χ3n) is 5.57. The molecular formula is C23H18O. The van der Waals surface area contributed by atoms with Crippen LogP contribution in [0.15, 0.2) is 77.4 Å². The van der Waals surface area contributed by atoms with Gasteiger partial charge in [0, 0.05) is 10.8 Å². The summed E-state index contributed by atoms with van der Waals surface area (Å²) in [6.07, 6.45) is 1.84. The van der Waals surface area contributed by atoms with Crippen LogP contribution >= 0.6 is 0 Å². The fraction of sp³-hybridized carbons (Fsp3) is 0.130. The Hall–Kier alpha value is -2.80. The monoisotopic (exact) mass is 310 g/mol. The highest BCUT2D eigenvalue weighted by atomic mass is 16.3. The van der Waals surface area contributed by atoms with Crippen LogP contribution in [-0.4, -0.2) is 0 Å².